The monoisotopic (exact) mass is 536 g/mol. The quantitative estimate of drug-likeness (QED) is 0.128. The second-order valence-electron chi connectivity index (χ2n) is 8.51. The van der Waals surface area contributed by atoms with Crippen LogP contribution in [0.3, 0.4) is 0 Å². The molecular formula is C24H24O14. The summed E-state index contributed by atoms with van der Waals surface area (Å²) in [5.74, 6) is -4.70. The molecule has 1 unspecified atom stereocenters. The highest BCUT2D eigenvalue weighted by Crippen LogP contribution is 2.39. The van der Waals surface area contributed by atoms with E-state index < -0.39 is 73.3 Å². The lowest BCUT2D eigenvalue weighted by Gasteiger charge is -2.41. The van der Waals surface area contributed by atoms with E-state index in [4.69, 9.17) is 24.1 Å². The third kappa shape index (κ3) is 5.38. The zero-order chi connectivity index (χ0) is 27.7. The number of carbonyl (C=O) groups excluding carboxylic acids is 1. The maximum Gasteiger partial charge on any atom is 0.317 e. The summed E-state index contributed by atoms with van der Waals surface area (Å²) in [4.78, 5) is 22.7. The molecule has 6 atom stereocenters. The normalized spacial score (nSPS) is 28.8. The number of phenolic OH excluding ortho intramolecular Hbond substituents is 2. The molecule has 0 aromatic heterocycles. The van der Waals surface area contributed by atoms with Crippen molar-refractivity contribution in [2.24, 2.45) is 0 Å². The molecule has 1 aromatic carbocycles. The van der Waals surface area contributed by atoms with E-state index in [0.717, 1.165) is 18.2 Å². The lowest BCUT2D eigenvalue weighted by atomic mass is 9.96. The number of benzene rings is 1. The number of rotatable bonds is 7. The number of phenols is 2. The molecule has 0 spiro atoms. The first-order valence-electron chi connectivity index (χ1n) is 11.2. The maximum atomic E-state index is 11.9. The van der Waals surface area contributed by atoms with Crippen molar-refractivity contribution >= 4 is 17.7 Å². The molecule has 0 radical (unpaired) electrons. The largest absolute Gasteiger partial charge is 0.508 e. The summed E-state index contributed by atoms with van der Waals surface area (Å²) in [6, 6.07) is 3.64. The lowest BCUT2D eigenvalue weighted by Crippen LogP contribution is -2.60. The first-order chi connectivity index (χ1) is 18.0. The van der Waals surface area contributed by atoms with Gasteiger partial charge in [-0.1, -0.05) is 0 Å². The molecule has 0 bridgehead atoms. The zero-order valence-corrected chi connectivity index (χ0v) is 19.4. The van der Waals surface area contributed by atoms with Gasteiger partial charge in [-0.3, -0.25) is 9.59 Å². The molecule has 0 saturated carbocycles. The van der Waals surface area contributed by atoms with Crippen molar-refractivity contribution in [1.29, 1.82) is 0 Å². The van der Waals surface area contributed by atoms with Gasteiger partial charge < -0.3 is 59.8 Å². The number of carboxylic acid groups (broad SMARTS) is 1. The first kappa shape index (κ1) is 26.8. The van der Waals surface area contributed by atoms with Crippen molar-refractivity contribution in [2.45, 2.75) is 43.2 Å². The average Bonchev–Trinajstić information content (AvgIpc) is 2.84. The highest BCUT2D eigenvalue weighted by Gasteiger charge is 2.48. The van der Waals surface area contributed by atoms with Gasteiger partial charge in [-0.2, -0.15) is 0 Å². The number of ether oxygens (including phenoxy) is 4. The number of fused-ring (bicyclic) bond motifs is 1. The van der Waals surface area contributed by atoms with E-state index in [1.165, 1.54) is 18.2 Å². The topological polar surface area (TPSA) is 233 Å². The van der Waals surface area contributed by atoms with Crippen LogP contribution in [0.15, 0.2) is 59.3 Å². The molecule has 2 aliphatic heterocycles. The van der Waals surface area contributed by atoms with E-state index >= 15 is 0 Å². The molecule has 2 heterocycles. The molecular weight excluding hydrogens is 512 g/mol. The van der Waals surface area contributed by atoms with E-state index in [9.17, 15) is 45.3 Å². The number of hydrogen-bond donors (Lipinski definition) is 8. The number of allylic oxidation sites excluding steroid dienone is 2. The van der Waals surface area contributed by atoms with Crippen molar-refractivity contribution in [3.63, 3.8) is 0 Å². The summed E-state index contributed by atoms with van der Waals surface area (Å²) in [7, 11) is 0. The van der Waals surface area contributed by atoms with Gasteiger partial charge in [0.2, 0.25) is 6.29 Å². The SMILES string of the molecule is O=C(O)CC(=O)O[C@@H]1[C@@H](O)[C@H](OC2=C(c3ccc(O)c(O)c3)OC3C=C(O)C=C(O)C3=C2)O[C@H](CO)[C@H]1O. The standard InChI is InChI=1S/C24H24O14/c25-8-17-20(33)23(38-19(32)7-18(30)31)21(34)24(37-17)36-16-6-11-13(28)4-10(26)5-15(11)35-22(16)9-1-2-12(27)14(29)3-9/h1-6,15,17,20-21,23-29,33-34H,7-8H2,(H,30,31)/t15?,17-,20-,21-,23+,24-/m1/s1. The molecule has 1 aromatic rings. The fourth-order valence-electron chi connectivity index (χ4n) is 4.00. The second kappa shape index (κ2) is 10.6. The summed E-state index contributed by atoms with van der Waals surface area (Å²) in [5, 5.41) is 79.5. The minimum Gasteiger partial charge on any atom is -0.508 e. The Balaban J connectivity index is 1.71. The van der Waals surface area contributed by atoms with E-state index in [2.05, 4.69) is 0 Å². The number of esters is 1. The van der Waals surface area contributed by atoms with E-state index in [1.54, 1.807) is 0 Å². The van der Waals surface area contributed by atoms with E-state index in [1.807, 2.05) is 0 Å². The zero-order valence-electron chi connectivity index (χ0n) is 19.4. The van der Waals surface area contributed by atoms with Crippen LogP contribution in [0.25, 0.3) is 5.76 Å². The number of carbonyl (C=O) groups is 2. The molecule has 204 valence electrons. The van der Waals surface area contributed by atoms with Gasteiger partial charge >= 0.3 is 11.9 Å². The number of aliphatic carboxylic acids is 1. The summed E-state index contributed by atoms with van der Waals surface area (Å²) < 4.78 is 22.1. The molecule has 8 N–H and O–H groups in total. The summed E-state index contributed by atoms with van der Waals surface area (Å²) in [5.41, 5.74) is 0.277. The fourth-order valence-corrected chi connectivity index (χ4v) is 4.00. The van der Waals surface area contributed by atoms with Gasteiger partial charge in [0.05, 0.1) is 6.61 Å². The summed E-state index contributed by atoms with van der Waals surface area (Å²) in [6.07, 6.45) is -7.04. The predicted molar refractivity (Wildman–Crippen MR) is 122 cm³/mol. The number of carboxylic acids is 1. The number of aliphatic hydroxyl groups excluding tert-OH is 5. The Morgan fingerprint density at radius 3 is 2.39 bits per heavy atom. The first-order valence-corrected chi connectivity index (χ1v) is 11.2. The average molecular weight is 536 g/mol. The minimum atomic E-state index is -1.90. The molecule has 4 rings (SSSR count). The minimum absolute atomic E-state index is 0.102. The molecule has 1 aliphatic carbocycles. The molecule has 14 heteroatoms. The van der Waals surface area contributed by atoms with Crippen LogP contribution in [-0.4, -0.2) is 96.2 Å². The third-order valence-corrected chi connectivity index (χ3v) is 5.83. The molecule has 1 fully saturated rings. The Bertz CT molecular complexity index is 1240. The Morgan fingerprint density at radius 2 is 1.74 bits per heavy atom. The number of aliphatic hydroxyl groups is 5. The Morgan fingerprint density at radius 1 is 1.00 bits per heavy atom. The smallest absolute Gasteiger partial charge is 0.317 e. The lowest BCUT2D eigenvalue weighted by molar-refractivity contribution is -0.293. The Kier molecular flexibility index (Phi) is 7.50. The van der Waals surface area contributed by atoms with Gasteiger partial charge in [-0.05, 0) is 24.3 Å². The Hall–Kier alpha value is -4.24. The van der Waals surface area contributed by atoms with E-state index in [0.29, 0.717) is 0 Å². The van der Waals surface area contributed by atoms with Crippen LogP contribution in [0.2, 0.25) is 0 Å². The highest BCUT2D eigenvalue weighted by molar-refractivity contribution is 5.90. The van der Waals surface area contributed by atoms with E-state index in [-0.39, 0.29) is 34.2 Å². The molecule has 0 amide bonds. The van der Waals surface area contributed by atoms with Crippen LogP contribution in [0, 0.1) is 0 Å². The van der Waals surface area contributed by atoms with Gasteiger partial charge in [0, 0.05) is 23.3 Å². The molecule has 3 aliphatic rings. The maximum absolute atomic E-state index is 11.9. The number of hydrogen-bond acceptors (Lipinski definition) is 13. The van der Waals surface area contributed by atoms with Crippen LogP contribution < -0.4 is 0 Å². The molecule has 38 heavy (non-hydrogen) atoms. The predicted octanol–water partition coefficient (Wildman–Crippen LogP) is -0.169. The van der Waals surface area contributed by atoms with Crippen LogP contribution in [0.1, 0.15) is 12.0 Å². The van der Waals surface area contributed by atoms with Crippen molar-refractivity contribution < 1.29 is 69.4 Å². The van der Waals surface area contributed by atoms with Crippen LogP contribution in [-0.2, 0) is 28.5 Å². The van der Waals surface area contributed by atoms with Crippen molar-refractivity contribution in [3.8, 4) is 11.5 Å². The Labute approximate surface area is 213 Å². The van der Waals surface area contributed by atoms with Gasteiger partial charge in [0.1, 0.15) is 36.3 Å². The summed E-state index contributed by atoms with van der Waals surface area (Å²) in [6.45, 7) is -0.800. The fraction of sp³-hybridized carbons (Fsp3) is 0.333. The van der Waals surface area contributed by atoms with Gasteiger partial charge in [0.25, 0.3) is 0 Å². The van der Waals surface area contributed by atoms with Gasteiger partial charge in [-0.25, -0.2) is 0 Å². The number of aromatic hydroxyl groups is 2. The van der Waals surface area contributed by atoms with Crippen molar-refractivity contribution in [3.05, 3.63) is 64.8 Å². The highest BCUT2D eigenvalue weighted by atomic mass is 16.7. The second-order valence-corrected chi connectivity index (χ2v) is 8.51. The summed E-state index contributed by atoms with van der Waals surface area (Å²) >= 11 is 0. The third-order valence-electron chi connectivity index (χ3n) is 5.83. The van der Waals surface area contributed by atoms with Crippen LogP contribution in [0.4, 0.5) is 0 Å². The van der Waals surface area contributed by atoms with Crippen molar-refractivity contribution in [2.75, 3.05) is 6.61 Å². The van der Waals surface area contributed by atoms with Crippen LogP contribution >= 0.6 is 0 Å². The van der Waals surface area contributed by atoms with Crippen LogP contribution in [0.5, 0.6) is 11.5 Å². The van der Waals surface area contributed by atoms with Crippen molar-refractivity contribution in [1.82, 2.24) is 0 Å². The van der Waals surface area contributed by atoms with Gasteiger partial charge in [0.15, 0.2) is 35.2 Å². The molecule has 1 saturated heterocycles. The van der Waals surface area contributed by atoms with Gasteiger partial charge in [-0.15, -0.1) is 0 Å². The molecule has 14 nitrogen and oxygen atoms in total.